The van der Waals surface area contributed by atoms with Gasteiger partial charge in [0.1, 0.15) is 24.4 Å². The summed E-state index contributed by atoms with van der Waals surface area (Å²) in [6, 6.07) is 52.2. The van der Waals surface area contributed by atoms with Crippen molar-refractivity contribution in [2.75, 3.05) is 0 Å². The van der Waals surface area contributed by atoms with Crippen LogP contribution in [0.3, 0.4) is 0 Å². The fourth-order valence-electron chi connectivity index (χ4n) is 14.7. The van der Waals surface area contributed by atoms with Crippen molar-refractivity contribution in [3.05, 3.63) is 249 Å². The molecule has 0 fully saturated rings. The number of aliphatic hydroxyl groups is 3. The topological polar surface area (TPSA) is 289 Å². The Hall–Kier alpha value is -8.89. The average molecular weight is 1910 g/mol. The molecule has 746 valence electrons. The number of hydrogen-bond acceptors (Lipinski definition) is 17. The van der Waals surface area contributed by atoms with Gasteiger partial charge in [-0.1, -0.05) is 323 Å². The Labute approximate surface area is 814 Å². The Morgan fingerprint density at radius 1 is 0.326 bits per heavy atom. The Morgan fingerprint density at radius 3 is 0.815 bits per heavy atom. The van der Waals surface area contributed by atoms with Gasteiger partial charge < -0.3 is 58.8 Å². The van der Waals surface area contributed by atoms with E-state index in [1.165, 1.54) is 0 Å². The van der Waals surface area contributed by atoms with Gasteiger partial charge >= 0.3 is 17.9 Å². The minimum Gasteiger partial charge on any atom is -0.456 e. The van der Waals surface area contributed by atoms with E-state index >= 15 is 0 Å². The van der Waals surface area contributed by atoms with Crippen molar-refractivity contribution in [3.63, 3.8) is 0 Å². The third kappa shape index (κ3) is 32.1. The summed E-state index contributed by atoms with van der Waals surface area (Å²) in [5, 5.41) is 42.3. The second-order valence-corrected chi connectivity index (χ2v) is 57.7. The number of nitrogens with one attached hydrogen (secondary N) is 3. The number of aliphatic hydroxyl groups excluding tert-OH is 3. The van der Waals surface area contributed by atoms with Gasteiger partial charge in [-0.2, -0.15) is 0 Å². The molecule has 6 aromatic carbocycles. The lowest BCUT2D eigenvalue weighted by Crippen LogP contribution is -2.52. The van der Waals surface area contributed by atoms with Crippen LogP contribution in [0, 0.1) is 39.9 Å². The summed E-state index contributed by atoms with van der Waals surface area (Å²) in [6.07, 6.45) is -5.60. The number of ether oxygens (including phenoxy) is 3. The molecule has 0 aliphatic rings. The third-order valence-corrected chi connectivity index (χ3v) is 43.8. The van der Waals surface area contributed by atoms with E-state index in [1.54, 1.807) is 116 Å². The van der Waals surface area contributed by atoms with E-state index in [-0.39, 0.29) is 61.6 Å². The van der Waals surface area contributed by atoms with Crippen LogP contribution in [0.5, 0.6) is 0 Å². The molecule has 6 rings (SSSR count). The zero-order valence-corrected chi connectivity index (χ0v) is 91.7. The van der Waals surface area contributed by atoms with Gasteiger partial charge in [-0.25, -0.2) is 14.4 Å². The molecule has 16 atom stereocenters. The highest BCUT2D eigenvalue weighted by molar-refractivity contribution is 6.75. The van der Waals surface area contributed by atoms with Crippen molar-refractivity contribution in [3.8, 4) is 0 Å². The van der Waals surface area contributed by atoms with Crippen LogP contribution in [0.2, 0.25) is 54.4 Å². The van der Waals surface area contributed by atoms with Crippen LogP contribution in [0.1, 0.15) is 300 Å². The Kier molecular flexibility index (Phi) is 44.4. The van der Waals surface area contributed by atoms with Crippen LogP contribution in [0.15, 0.2) is 215 Å². The number of esters is 3. The summed E-state index contributed by atoms with van der Waals surface area (Å²) < 4.78 is 38.6. The van der Waals surface area contributed by atoms with Crippen molar-refractivity contribution in [2.24, 2.45) is 39.9 Å². The summed E-state index contributed by atoms with van der Waals surface area (Å²) >= 11 is 0. The maximum absolute atomic E-state index is 14.3. The summed E-state index contributed by atoms with van der Waals surface area (Å²) in [7, 11) is -7.67. The van der Waals surface area contributed by atoms with Gasteiger partial charge in [-0.05, 0) is 221 Å². The summed E-state index contributed by atoms with van der Waals surface area (Å²) in [6.45, 7) is 73.5. The number of rotatable bonds is 42. The zero-order chi connectivity index (χ0) is 103. The molecule has 0 radical (unpaired) electrons. The quantitative estimate of drug-likeness (QED) is 0.00518. The minimum absolute atomic E-state index is 0.0200. The monoisotopic (exact) mass is 1910 g/mol. The summed E-state index contributed by atoms with van der Waals surface area (Å²) in [4.78, 5) is 110. The Morgan fingerprint density at radius 2 is 0.563 bits per heavy atom. The van der Waals surface area contributed by atoms with Crippen LogP contribution >= 0.6 is 0 Å². The average Bonchev–Trinajstić information content (AvgIpc) is 0.826. The molecule has 0 bridgehead atoms. The highest BCUT2D eigenvalue weighted by Gasteiger charge is 2.50. The minimum atomic E-state index is -2.59. The molecule has 0 aromatic heterocycles. The SMILES string of the molecule is CC[C@H](C)C(C)(C)C(=O)C(=O)/C(C)=C(\C)[C@H](C)OC(=O)[C@H](O[Si](C)(C)C(C)(C)C)[C@@H](NC(=O)c1ccccc1)c1ccccc1.CC[C@H](C)C(C)(C)[C@@H](O)[C@@H](C)/C(C)=C(\C)[C@H](C)OC(=O)[C@H](O[Si](C)(C)C(C)(C)C)[C@@H](NC(=O)c1ccccc1)c1ccccc1.CC[C@H](C)C(C)(C)[C@@H](O)[C@@H](O)/C(C)=C(\C)[C@H](C)OC(=O)[C@H](O[Si](C)(C)C(C)(C)C)[C@@H](NC(=O)c1ccccc1)c1ccccc1. The highest BCUT2D eigenvalue weighted by atomic mass is 28.4. The maximum Gasteiger partial charge on any atom is 0.337 e. The molecule has 0 aliphatic heterocycles. The summed E-state index contributed by atoms with van der Waals surface area (Å²) in [5.74, 6) is -3.42. The van der Waals surface area contributed by atoms with Crippen LogP contribution in [0.25, 0.3) is 0 Å². The first-order valence-electron chi connectivity index (χ1n) is 48.3. The first-order chi connectivity index (χ1) is 62.3. The molecule has 6 N–H and O–H groups in total. The number of carbonyl (C=O) groups excluding carboxylic acids is 8. The van der Waals surface area contributed by atoms with Gasteiger partial charge in [-0.3, -0.25) is 24.0 Å². The molecule has 20 nitrogen and oxygen atoms in total. The van der Waals surface area contributed by atoms with Crippen molar-refractivity contribution in [2.45, 2.75) is 361 Å². The molecule has 0 unspecified atom stereocenters. The molecule has 0 aliphatic carbocycles. The number of benzene rings is 6. The number of hydrogen-bond donors (Lipinski definition) is 6. The molecule has 0 saturated carbocycles. The van der Waals surface area contributed by atoms with Crippen LogP contribution < -0.4 is 16.0 Å². The Balaban J connectivity index is 0.000000423. The van der Waals surface area contributed by atoms with Gasteiger partial charge in [0.05, 0.1) is 30.3 Å². The van der Waals surface area contributed by atoms with E-state index in [2.05, 4.69) is 146 Å². The number of ketones is 2. The Bertz CT molecular complexity index is 4720. The van der Waals surface area contributed by atoms with Gasteiger partial charge in [0.25, 0.3) is 17.7 Å². The number of carbonyl (C=O) groups is 8. The van der Waals surface area contributed by atoms with E-state index in [4.69, 9.17) is 27.5 Å². The van der Waals surface area contributed by atoms with E-state index in [1.807, 2.05) is 190 Å². The standard InChI is InChI=1S/C38H59NO5Si.C37H57NO6Si.C37H53NO6Si/c1-14-25(2)38(10,11)34(40)28(5)26(3)27(4)29(6)43-36(42)33(44-45(12,13)37(7,8)9)32(30-21-17-15-18-22-30)39-35(41)31-23-19-16-20-24-31;2*1-13-24(2)37(9,10)33(40)31(39)26(4)25(3)27(5)43-35(42)32(44-45(11,12)36(6,7)8)30(28-20-16-14-17-21-28)38-34(41)29-22-18-15-19-23-29/h15-25,28-29,32-34,40H,14H2,1-13H3,(H,39,41);14-24,27,30-33,39-40H,13H2,1-12H3,(H,38,41);14-24,27,30,32H,13H2,1-12H3,(H,38,41)/b27-26+;2*26-25+/t25-,28-,29-,32-,33+,34-;24-,27-,30-,31-,32+,33-;24-,27-,30-,32+/m000/s1. The fraction of sp³-hybridized carbons (Fsp3) is 0.554. The predicted molar refractivity (Wildman–Crippen MR) is 554 cm³/mol. The van der Waals surface area contributed by atoms with Crippen molar-refractivity contribution in [1.82, 2.24) is 16.0 Å². The van der Waals surface area contributed by atoms with Crippen LogP contribution in [-0.4, -0.2) is 142 Å². The lowest BCUT2D eigenvalue weighted by atomic mass is 9.69. The van der Waals surface area contributed by atoms with Crippen LogP contribution in [-0.2, 0) is 51.5 Å². The number of allylic oxidation sites excluding steroid dienone is 1. The second kappa shape index (κ2) is 50.6. The number of amides is 3. The molecular formula is C112H169N3O17Si3. The van der Waals surface area contributed by atoms with Crippen molar-refractivity contribution in [1.29, 1.82) is 0 Å². The normalized spacial score (nSPS) is 16.7. The molecule has 3 amide bonds. The molecule has 23 heteroatoms. The van der Waals surface area contributed by atoms with Gasteiger partial charge in [-0.15, -0.1) is 0 Å². The van der Waals surface area contributed by atoms with Gasteiger partial charge in [0.2, 0.25) is 11.6 Å². The maximum atomic E-state index is 14.3. The summed E-state index contributed by atoms with van der Waals surface area (Å²) in [5.41, 5.74) is 5.76. The lowest BCUT2D eigenvalue weighted by molar-refractivity contribution is -0.158. The molecule has 0 spiro atoms. The van der Waals surface area contributed by atoms with E-state index in [9.17, 15) is 53.7 Å². The van der Waals surface area contributed by atoms with E-state index < -0.39 is 138 Å². The molecular weight excluding hydrogens is 1740 g/mol. The van der Waals surface area contributed by atoms with Crippen molar-refractivity contribution >= 4 is 72.1 Å². The zero-order valence-electron chi connectivity index (χ0n) is 88.7. The molecule has 135 heavy (non-hydrogen) atoms. The van der Waals surface area contributed by atoms with E-state index in [0.29, 0.717) is 50.5 Å². The first-order valence-corrected chi connectivity index (χ1v) is 57.0. The molecule has 0 saturated heterocycles. The third-order valence-electron chi connectivity index (χ3n) is 30.4. The highest BCUT2D eigenvalue weighted by Crippen LogP contribution is 2.45. The van der Waals surface area contributed by atoms with Crippen molar-refractivity contribution < 1.29 is 81.2 Å². The van der Waals surface area contributed by atoms with E-state index in [0.717, 1.165) is 36.0 Å². The largest absolute Gasteiger partial charge is 0.456 e. The lowest BCUT2D eigenvalue weighted by Gasteiger charge is -2.41. The fourth-order valence-corrected chi connectivity index (χ4v) is 18.4. The first kappa shape index (κ1) is 118. The van der Waals surface area contributed by atoms with Gasteiger partial charge in [0.15, 0.2) is 43.3 Å². The second-order valence-electron chi connectivity index (χ2n) is 43.4. The predicted octanol–water partition coefficient (Wildman–Crippen LogP) is 24.5. The van der Waals surface area contributed by atoms with Gasteiger partial charge in [0, 0.05) is 33.6 Å². The number of Topliss-reactive ketones (excluding diaryl/α,β-unsaturated/α-hetero) is 2. The molecule has 0 heterocycles. The molecule has 6 aromatic rings. The smallest absolute Gasteiger partial charge is 0.337 e. The van der Waals surface area contributed by atoms with Crippen LogP contribution in [0.4, 0.5) is 0 Å².